The number of benzene rings is 3. The van der Waals surface area contributed by atoms with Gasteiger partial charge < -0.3 is 24.4 Å². The van der Waals surface area contributed by atoms with Crippen molar-refractivity contribution in [1.82, 2.24) is 10.2 Å². The van der Waals surface area contributed by atoms with Gasteiger partial charge in [-0.15, -0.1) is 0 Å². The number of carbonyl (C=O) groups is 1. The lowest BCUT2D eigenvalue weighted by Gasteiger charge is -2.34. The third-order valence-electron chi connectivity index (χ3n) is 8.41. The number of aliphatic carboxylic acids is 1. The molecule has 0 spiro atoms. The third-order valence-corrected chi connectivity index (χ3v) is 9.10. The molecule has 5 rings (SSSR count). The maximum absolute atomic E-state index is 15.7. The van der Waals surface area contributed by atoms with Gasteiger partial charge in [-0.2, -0.15) is 0 Å². The Hall–Kier alpha value is -3.15. The molecule has 3 atom stereocenters. The Kier molecular flexibility index (Phi) is 11.0. The normalized spacial score (nSPS) is 19.3. The highest BCUT2D eigenvalue weighted by atomic mass is 35.5. The van der Waals surface area contributed by atoms with Crippen molar-refractivity contribution in [3.05, 3.63) is 75.3 Å². The Morgan fingerprint density at radius 3 is 2.50 bits per heavy atom. The van der Waals surface area contributed by atoms with E-state index >= 15 is 4.39 Å². The molecular formula is C34H38Cl2F2N2O6. The molecule has 12 heteroatoms. The second kappa shape index (κ2) is 14.7. The lowest BCUT2D eigenvalue weighted by Crippen LogP contribution is -2.52. The van der Waals surface area contributed by atoms with Crippen molar-refractivity contribution in [2.75, 3.05) is 39.5 Å². The fourth-order valence-electron chi connectivity index (χ4n) is 5.70. The molecule has 46 heavy (non-hydrogen) atoms. The number of aliphatic hydroxyl groups excluding tert-OH is 1. The number of hydrogen-bond donors (Lipinski definition) is 3. The standard InChI is InChI=1S/C34H38Cl2F2N2O6/c1-3-44-29-15-30(26(35)13-20(29)16-39-34(2,19-41)33(42)43)46-32-24-9-4-7-22(25(24)14-27(32)38)23-8-5-10-28(31(23)36)45-12-6-11-40-17-21(37)18-40/h4-5,7-10,13,15,21,27,32,39,41H,3,6,11-12,14,16-19H2,1-2H3,(H,42,43)/t27-,32+,34-/m0/s1. The van der Waals surface area contributed by atoms with Gasteiger partial charge in [-0.25, -0.2) is 8.78 Å². The number of likely N-dealkylation sites (tertiary alicyclic amines) is 1. The second-order valence-corrected chi connectivity index (χ2v) is 12.6. The number of alkyl halides is 2. The summed E-state index contributed by atoms with van der Waals surface area (Å²) < 4.78 is 46.8. The van der Waals surface area contributed by atoms with Crippen LogP contribution in [0.1, 0.15) is 43.1 Å². The molecule has 3 aromatic carbocycles. The maximum Gasteiger partial charge on any atom is 0.326 e. The number of nitrogens with one attached hydrogen (secondary N) is 1. The summed E-state index contributed by atoms with van der Waals surface area (Å²) in [5.74, 6) is -0.0678. The summed E-state index contributed by atoms with van der Waals surface area (Å²) >= 11 is 13.4. The van der Waals surface area contributed by atoms with E-state index in [1.54, 1.807) is 25.1 Å². The molecule has 0 aromatic heterocycles. The average molecular weight is 680 g/mol. The average Bonchev–Trinajstić information content (AvgIpc) is 3.34. The van der Waals surface area contributed by atoms with E-state index in [0.717, 1.165) is 29.7 Å². The predicted molar refractivity (Wildman–Crippen MR) is 173 cm³/mol. The molecule has 1 aliphatic heterocycles. The molecule has 1 heterocycles. The fourth-order valence-corrected chi connectivity index (χ4v) is 6.21. The van der Waals surface area contributed by atoms with Crippen LogP contribution in [-0.4, -0.2) is 78.4 Å². The molecule has 1 aliphatic carbocycles. The van der Waals surface area contributed by atoms with Crippen molar-refractivity contribution < 1.29 is 38.0 Å². The Balaban J connectivity index is 1.34. The molecule has 0 amide bonds. The lowest BCUT2D eigenvalue weighted by atomic mass is 9.96. The molecule has 1 saturated heterocycles. The quantitative estimate of drug-likeness (QED) is 0.158. The third kappa shape index (κ3) is 7.37. The number of nitrogens with zero attached hydrogens (tertiary/aromatic N) is 1. The van der Waals surface area contributed by atoms with Gasteiger partial charge in [-0.1, -0.05) is 53.5 Å². The SMILES string of the molecule is CCOc1cc(O[C@@H]2c3cccc(-c4cccc(OCCCN5CC(F)C5)c4Cl)c3C[C@@H]2F)c(Cl)cc1CN[C@@](C)(CO)C(=O)O. The van der Waals surface area contributed by atoms with E-state index in [1.807, 2.05) is 35.2 Å². The molecule has 0 saturated carbocycles. The van der Waals surface area contributed by atoms with Crippen molar-refractivity contribution in [1.29, 1.82) is 0 Å². The number of carboxylic acids is 1. The van der Waals surface area contributed by atoms with Gasteiger partial charge in [-0.3, -0.25) is 15.0 Å². The van der Waals surface area contributed by atoms with Gasteiger partial charge in [0.05, 0.1) is 29.9 Å². The molecule has 2 aliphatic rings. The van der Waals surface area contributed by atoms with E-state index in [4.69, 9.17) is 37.4 Å². The molecule has 1 fully saturated rings. The molecule has 0 radical (unpaired) electrons. The van der Waals surface area contributed by atoms with Crippen molar-refractivity contribution in [3.8, 4) is 28.4 Å². The number of hydrogen-bond acceptors (Lipinski definition) is 7. The zero-order chi connectivity index (χ0) is 33.0. The summed E-state index contributed by atoms with van der Waals surface area (Å²) in [5.41, 5.74) is 1.93. The highest BCUT2D eigenvalue weighted by Gasteiger charge is 2.37. The first kappa shape index (κ1) is 34.2. The zero-order valence-corrected chi connectivity index (χ0v) is 27.2. The number of fused-ring (bicyclic) bond motifs is 1. The van der Waals surface area contributed by atoms with Crippen LogP contribution in [0.15, 0.2) is 48.5 Å². The summed E-state index contributed by atoms with van der Waals surface area (Å²) in [6, 6.07) is 14.2. The molecule has 0 unspecified atom stereocenters. The van der Waals surface area contributed by atoms with Gasteiger partial charge >= 0.3 is 5.97 Å². The lowest BCUT2D eigenvalue weighted by molar-refractivity contribution is -0.145. The van der Waals surface area contributed by atoms with Gasteiger partial charge in [0.25, 0.3) is 0 Å². The smallest absolute Gasteiger partial charge is 0.326 e. The van der Waals surface area contributed by atoms with Crippen molar-refractivity contribution in [2.24, 2.45) is 0 Å². The summed E-state index contributed by atoms with van der Waals surface area (Å²) in [6.07, 6.45) is -2.20. The van der Waals surface area contributed by atoms with Gasteiger partial charge in [0, 0.05) is 49.8 Å². The van der Waals surface area contributed by atoms with Crippen molar-refractivity contribution in [2.45, 2.75) is 57.2 Å². The van der Waals surface area contributed by atoms with Crippen molar-refractivity contribution in [3.63, 3.8) is 0 Å². The van der Waals surface area contributed by atoms with E-state index in [1.165, 1.54) is 6.92 Å². The summed E-state index contributed by atoms with van der Waals surface area (Å²) in [5, 5.41) is 22.5. The Bertz CT molecular complexity index is 1560. The largest absolute Gasteiger partial charge is 0.493 e. The summed E-state index contributed by atoms with van der Waals surface area (Å²) in [7, 11) is 0. The van der Waals surface area contributed by atoms with E-state index in [0.29, 0.717) is 54.0 Å². The fraction of sp³-hybridized carbons (Fsp3) is 0.441. The number of halogens is 4. The Labute approximate surface area is 277 Å². The molecular weight excluding hydrogens is 641 g/mol. The van der Waals surface area contributed by atoms with Crippen LogP contribution in [-0.2, 0) is 17.8 Å². The highest BCUT2D eigenvalue weighted by molar-refractivity contribution is 6.35. The van der Waals surface area contributed by atoms with Gasteiger partial charge in [-0.05, 0) is 49.1 Å². The van der Waals surface area contributed by atoms with Crippen LogP contribution in [0.3, 0.4) is 0 Å². The number of ether oxygens (including phenoxy) is 3. The second-order valence-electron chi connectivity index (χ2n) is 11.8. The summed E-state index contributed by atoms with van der Waals surface area (Å²) in [4.78, 5) is 13.7. The Morgan fingerprint density at radius 2 is 1.80 bits per heavy atom. The van der Waals surface area contributed by atoms with Crippen LogP contribution < -0.4 is 19.5 Å². The van der Waals surface area contributed by atoms with Crippen LogP contribution in [0, 0.1) is 0 Å². The van der Waals surface area contributed by atoms with Gasteiger partial charge in [0.1, 0.15) is 35.1 Å². The van der Waals surface area contributed by atoms with E-state index < -0.39 is 36.6 Å². The van der Waals surface area contributed by atoms with E-state index in [2.05, 4.69) is 5.32 Å². The number of rotatable bonds is 15. The molecule has 0 bridgehead atoms. The first-order valence-corrected chi connectivity index (χ1v) is 16.0. The highest BCUT2D eigenvalue weighted by Crippen LogP contribution is 2.46. The monoisotopic (exact) mass is 678 g/mol. The van der Waals surface area contributed by atoms with Crippen LogP contribution >= 0.6 is 23.2 Å². The minimum absolute atomic E-state index is 0.0433. The molecule has 248 valence electrons. The van der Waals surface area contributed by atoms with Gasteiger partial charge in [0.2, 0.25) is 0 Å². The van der Waals surface area contributed by atoms with Crippen LogP contribution in [0.2, 0.25) is 10.0 Å². The molecule has 3 N–H and O–H groups in total. The summed E-state index contributed by atoms with van der Waals surface area (Å²) in [6.45, 7) is 5.04. The molecule has 8 nitrogen and oxygen atoms in total. The topological polar surface area (TPSA) is 100 Å². The van der Waals surface area contributed by atoms with Crippen LogP contribution in [0.5, 0.6) is 17.2 Å². The van der Waals surface area contributed by atoms with Crippen LogP contribution in [0.4, 0.5) is 8.78 Å². The first-order valence-electron chi connectivity index (χ1n) is 15.3. The minimum Gasteiger partial charge on any atom is -0.493 e. The number of aliphatic hydroxyl groups is 1. The first-order chi connectivity index (χ1) is 22.0. The molecule has 3 aromatic rings. The Morgan fingerprint density at radius 1 is 1.07 bits per heavy atom. The number of carboxylic acid groups (broad SMARTS) is 1. The van der Waals surface area contributed by atoms with E-state index in [-0.39, 0.29) is 23.7 Å². The zero-order valence-electron chi connectivity index (χ0n) is 25.7. The van der Waals surface area contributed by atoms with Crippen LogP contribution in [0.25, 0.3) is 11.1 Å². The van der Waals surface area contributed by atoms with E-state index in [9.17, 15) is 19.4 Å². The predicted octanol–water partition coefficient (Wildman–Crippen LogP) is 6.42. The van der Waals surface area contributed by atoms with Gasteiger partial charge in [0.15, 0.2) is 6.10 Å². The maximum atomic E-state index is 15.7. The van der Waals surface area contributed by atoms with Crippen molar-refractivity contribution >= 4 is 29.2 Å². The minimum atomic E-state index is -1.57.